The molecule has 1 amide bonds. The topological polar surface area (TPSA) is 101 Å². The van der Waals surface area contributed by atoms with Gasteiger partial charge in [0.15, 0.2) is 0 Å². The van der Waals surface area contributed by atoms with Crippen molar-refractivity contribution in [2.24, 2.45) is 0 Å². The summed E-state index contributed by atoms with van der Waals surface area (Å²) in [6, 6.07) is 6.19. The molecule has 0 saturated heterocycles. The maximum Gasteiger partial charge on any atom is 0.270 e. The lowest BCUT2D eigenvalue weighted by atomic mass is 10.2. The fourth-order valence-corrected chi connectivity index (χ4v) is 5.38. The predicted octanol–water partition coefficient (Wildman–Crippen LogP) is 2.97. The second-order valence-corrected chi connectivity index (χ2v) is 10.5. The molecule has 0 aliphatic rings. The van der Waals surface area contributed by atoms with Crippen LogP contribution in [0, 0.1) is 6.92 Å². The molecular weight excluding hydrogens is 428 g/mol. The minimum atomic E-state index is -3.63. The zero-order valence-electron chi connectivity index (χ0n) is 14.1. The normalized spacial score (nSPS) is 11.5. The summed E-state index contributed by atoms with van der Waals surface area (Å²) in [7, 11) is -3.63. The summed E-state index contributed by atoms with van der Waals surface area (Å²) in [6.45, 7) is 2.35. The average Bonchev–Trinajstić information content (AvgIpc) is 3.27. The first-order chi connectivity index (χ1) is 12.8. The summed E-state index contributed by atoms with van der Waals surface area (Å²) < 4.78 is 27.4. The Kier molecular flexibility index (Phi) is 6.22. The van der Waals surface area contributed by atoms with Crippen LogP contribution in [0.4, 0.5) is 0 Å². The quantitative estimate of drug-likeness (QED) is 0.585. The van der Waals surface area contributed by atoms with Crippen LogP contribution in [0.15, 0.2) is 40.9 Å². The van der Waals surface area contributed by atoms with Crippen molar-refractivity contribution in [1.29, 1.82) is 0 Å². The van der Waals surface area contributed by atoms with Crippen LogP contribution in [0.3, 0.4) is 0 Å². The highest BCUT2D eigenvalue weighted by atomic mass is 35.5. The van der Waals surface area contributed by atoms with E-state index in [4.69, 9.17) is 11.6 Å². The molecular formula is C16H15ClN4O3S3. The lowest BCUT2D eigenvalue weighted by Crippen LogP contribution is -2.24. The SMILES string of the molecule is Cc1ncc(CNC(=O)c2ccc(CNS(=O)(=O)c3ccc(Cl)s3)cn2)s1. The van der Waals surface area contributed by atoms with E-state index in [0.717, 1.165) is 21.2 Å². The fraction of sp³-hybridized carbons (Fsp3) is 0.188. The summed E-state index contributed by atoms with van der Waals surface area (Å²) in [6.07, 6.45) is 3.19. The third-order valence-corrected chi connectivity index (χ3v) is 7.47. The van der Waals surface area contributed by atoms with Crippen molar-refractivity contribution in [2.45, 2.75) is 24.2 Å². The van der Waals surface area contributed by atoms with E-state index in [1.54, 1.807) is 18.3 Å². The van der Waals surface area contributed by atoms with Crippen LogP contribution in [0.2, 0.25) is 4.34 Å². The van der Waals surface area contributed by atoms with E-state index in [-0.39, 0.29) is 22.4 Å². The number of hydrogen-bond acceptors (Lipinski definition) is 7. The molecule has 3 rings (SSSR count). The zero-order chi connectivity index (χ0) is 19.4. The number of sulfonamides is 1. The Morgan fingerprint density at radius 1 is 1.11 bits per heavy atom. The third-order valence-electron chi connectivity index (χ3n) is 3.43. The Hall–Kier alpha value is -1.85. The monoisotopic (exact) mass is 442 g/mol. The van der Waals surface area contributed by atoms with Gasteiger partial charge >= 0.3 is 0 Å². The van der Waals surface area contributed by atoms with Gasteiger partial charge in [-0.1, -0.05) is 17.7 Å². The number of amides is 1. The molecule has 0 unspecified atom stereocenters. The van der Waals surface area contributed by atoms with Gasteiger partial charge in [-0.3, -0.25) is 9.78 Å². The van der Waals surface area contributed by atoms with Gasteiger partial charge in [0.1, 0.15) is 9.90 Å². The first-order valence-electron chi connectivity index (χ1n) is 7.73. The number of aromatic nitrogens is 2. The summed E-state index contributed by atoms with van der Waals surface area (Å²) >= 11 is 8.27. The van der Waals surface area contributed by atoms with Gasteiger partial charge in [0.05, 0.1) is 15.9 Å². The number of nitrogens with one attached hydrogen (secondary N) is 2. The smallest absolute Gasteiger partial charge is 0.270 e. The van der Waals surface area contributed by atoms with Crippen LogP contribution in [0.25, 0.3) is 0 Å². The van der Waals surface area contributed by atoms with Gasteiger partial charge in [-0.05, 0) is 30.7 Å². The first-order valence-corrected chi connectivity index (χ1v) is 11.2. The number of carbonyl (C=O) groups is 1. The highest BCUT2D eigenvalue weighted by Gasteiger charge is 2.16. The van der Waals surface area contributed by atoms with E-state index < -0.39 is 10.0 Å². The van der Waals surface area contributed by atoms with Crippen molar-refractivity contribution < 1.29 is 13.2 Å². The molecule has 0 saturated carbocycles. The molecule has 27 heavy (non-hydrogen) atoms. The minimum absolute atomic E-state index is 0.0624. The number of thiazole rings is 1. The molecule has 2 N–H and O–H groups in total. The van der Waals surface area contributed by atoms with Gasteiger partial charge in [0, 0.05) is 23.8 Å². The Bertz CT molecular complexity index is 1050. The molecule has 7 nitrogen and oxygen atoms in total. The van der Waals surface area contributed by atoms with Gasteiger partial charge < -0.3 is 5.32 Å². The van der Waals surface area contributed by atoms with Crippen molar-refractivity contribution in [3.63, 3.8) is 0 Å². The molecule has 3 heterocycles. The van der Waals surface area contributed by atoms with Gasteiger partial charge in [0.2, 0.25) is 10.0 Å². The van der Waals surface area contributed by atoms with Crippen LogP contribution in [-0.2, 0) is 23.1 Å². The number of aryl methyl sites for hydroxylation is 1. The minimum Gasteiger partial charge on any atom is -0.346 e. The summed E-state index contributed by atoms with van der Waals surface area (Å²) in [5, 5.41) is 3.71. The molecule has 3 aromatic rings. The fourth-order valence-electron chi connectivity index (χ4n) is 2.10. The van der Waals surface area contributed by atoms with Crippen molar-refractivity contribution in [3.8, 4) is 0 Å². The van der Waals surface area contributed by atoms with Crippen LogP contribution >= 0.6 is 34.3 Å². The van der Waals surface area contributed by atoms with E-state index in [1.807, 2.05) is 6.92 Å². The Labute approximate surface area is 169 Å². The Balaban J connectivity index is 1.56. The molecule has 0 radical (unpaired) electrons. The summed E-state index contributed by atoms with van der Waals surface area (Å²) in [5.74, 6) is -0.304. The largest absolute Gasteiger partial charge is 0.346 e. The zero-order valence-corrected chi connectivity index (χ0v) is 17.3. The van der Waals surface area contributed by atoms with Crippen LogP contribution < -0.4 is 10.0 Å². The number of hydrogen-bond donors (Lipinski definition) is 2. The van der Waals surface area contributed by atoms with E-state index in [1.165, 1.54) is 29.7 Å². The van der Waals surface area contributed by atoms with Crippen molar-refractivity contribution in [1.82, 2.24) is 20.0 Å². The van der Waals surface area contributed by atoms with E-state index in [2.05, 4.69) is 20.0 Å². The number of pyridine rings is 1. The second kappa shape index (κ2) is 8.44. The third kappa shape index (κ3) is 5.33. The van der Waals surface area contributed by atoms with Crippen LogP contribution in [0.1, 0.15) is 25.9 Å². The maximum absolute atomic E-state index is 12.2. The lowest BCUT2D eigenvalue weighted by molar-refractivity contribution is 0.0946. The van der Waals surface area contributed by atoms with Crippen molar-refractivity contribution >= 4 is 50.2 Å². The molecule has 0 aliphatic carbocycles. The molecule has 3 aromatic heterocycles. The number of carbonyl (C=O) groups excluding carboxylic acids is 1. The van der Waals surface area contributed by atoms with Crippen LogP contribution in [-0.4, -0.2) is 24.3 Å². The second-order valence-electron chi connectivity index (χ2n) is 5.46. The van der Waals surface area contributed by atoms with E-state index in [0.29, 0.717) is 16.4 Å². The Morgan fingerprint density at radius 3 is 2.52 bits per heavy atom. The van der Waals surface area contributed by atoms with Crippen LogP contribution in [0.5, 0.6) is 0 Å². The lowest BCUT2D eigenvalue weighted by Gasteiger charge is -2.06. The summed E-state index contributed by atoms with van der Waals surface area (Å²) in [5.41, 5.74) is 0.892. The standard InChI is InChI=1S/C16H15ClN4O3S3/c1-10-18-8-12(25-10)9-20-16(22)13-3-2-11(6-19-13)7-21-27(23,24)15-5-4-14(17)26-15/h2-6,8,21H,7,9H2,1H3,(H,20,22). The summed E-state index contributed by atoms with van der Waals surface area (Å²) in [4.78, 5) is 21.3. The molecule has 0 fully saturated rings. The predicted molar refractivity (Wildman–Crippen MR) is 106 cm³/mol. The number of thiophene rings is 1. The van der Waals surface area contributed by atoms with Gasteiger partial charge in [-0.25, -0.2) is 18.1 Å². The number of halogens is 1. The van der Waals surface area contributed by atoms with Gasteiger partial charge in [-0.15, -0.1) is 22.7 Å². The highest BCUT2D eigenvalue weighted by molar-refractivity contribution is 7.91. The highest BCUT2D eigenvalue weighted by Crippen LogP contribution is 2.25. The average molecular weight is 443 g/mol. The molecule has 0 bridgehead atoms. The molecule has 0 atom stereocenters. The van der Waals surface area contributed by atoms with E-state index in [9.17, 15) is 13.2 Å². The van der Waals surface area contributed by atoms with Crippen molar-refractivity contribution in [3.05, 3.63) is 62.1 Å². The molecule has 0 aliphatic heterocycles. The van der Waals surface area contributed by atoms with E-state index >= 15 is 0 Å². The molecule has 11 heteroatoms. The van der Waals surface area contributed by atoms with Gasteiger partial charge in [-0.2, -0.15) is 0 Å². The molecule has 0 aromatic carbocycles. The molecule has 142 valence electrons. The van der Waals surface area contributed by atoms with Gasteiger partial charge in [0.25, 0.3) is 5.91 Å². The van der Waals surface area contributed by atoms with Crippen molar-refractivity contribution in [2.75, 3.05) is 0 Å². The maximum atomic E-state index is 12.2. The number of nitrogens with zero attached hydrogens (tertiary/aromatic N) is 2. The number of rotatable bonds is 7. The first kappa shape index (κ1) is 19.9. The molecule has 0 spiro atoms. The Morgan fingerprint density at radius 2 is 1.93 bits per heavy atom.